The summed E-state index contributed by atoms with van der Waals surface area (Å²) < 4.78 is 13.3. The van der Waals surface area contributed by atoms with Crippen LogP contribution in [0.5, 0.6) is 0 Å². The quantitative estimate of drug-likeness (QED) is 0.189. The summed E-state index contributed by atoms with van der Waals surface area (Å²) in [5.41, 5.74) is 13.9. The predicted octanol–water partition coefficient (Wildman–Crippen LogP) is 11.9. The molecule has 0 radical (unpaired) electrons. The molecular weight excluding hydrogens is 625 g/mol. The van der Waals surface area contributed by atoms with Gasteiger partial charge in [0.2, 0.25) is 5.78 Å². The number of furan rings is 1. The third-order valence-corrected chi connectivity index (χ3v) is 10.4. The largest absolute Gasteiger partial charge is 0.456 e. The molecule has 0 aliphatic heterocycles. The molecule has 0 aliphatic rings. The third kappa shape index (κ3) is 4.00. The van der Waals surface area contributed by atoms with Crippen LogP contribution in [0.1, 0.15) is 5.56 Å². The fourth-order valence-corrected chi connectivity index (χ4v) is 8.16. The molecule has 5 heteroatoms. The number of rotatable bonds is 4. The van der Waals surface area contributed by atoms with Gasteiger partial charge in [0.05, 0.1) is 33.5 Å². The summed E-state index contributed by atoms with van der Waals surface area (Å²) in [6.07, 6.45) is 0. The number of nitrogens with zero attached hydrogens (tertiary/aromatic N) is 4. The molecule has 0 bridgehead atoms. The summed E-state index contributed by atoms with van der Waals surface area (Å²) in [6.45, 7) is 2.15. The summed E-state index contributed by atoms with van der Waals surface area (Å²) in [7, 11) is 0. The molecule has 11 rings (SSSR count). The first-order valence-electron chi connectivity index (χ1n) is 17.3. The number of aryl methyl sites for hydroxylation is 1. The molecule has 0 N–H and O–H groups in total. The molecule has 0 fully saturated rings. The van der Waals surface area contributed by atoms with E-state index in [0.29, 0.717) is 0 Å². The van der Waals surface area contributed by atoms with Crippen LogP contribution in [0, 0.1) is 6.92 Å². The summed E-state index contributed by atoms with van der Waals surface area (Å²) >= 11 is 0. The molecule has 5 nitrogen and oxygen atoms in total. The van der Waals surface area contributed by atoms with Crippen molar-refractivity contribution in [1.29, 1.82) is 0 Å². The van der Waals surface area contributed by atoms with Gasteiger partial charge in [0.25, 0.3) is 0 Å². The first kappa shape index (κ1) is 28.0. The SMILES string of the molecule is Cc1cccc2oc3ccc(-c4nc5n(-c6ccccc6)c6ccccc6n5c4-c4ccc5c(c4)c4ccccc4n5-c4ccccc4)cc3c12. The fourth-order valence-electron chi connectivity index (χ4n) is 8.16. The Balaban J connectivity index is 1.26. The van der Waals surface area contributed by atoms with Crippen molar-refractivity contribution in [2.45, 2.75) is 6.92 Å². The normalized spacial score (nSPS) is 12.0. The lowest BCUT2D eigenvalue weighted by molar-refractivity contribution is 0.669. The molecule has 240 valence electrons. The Bertz CT molecular complexity index is 3140. The van der Waals surface area contributed by atoms with Crippen molar-refractivity contribution in [3.05, 3.63) is 169 Å². The molecular formula is C46H30N4O. The lowest BCUT2D eigenvalue weighted by Gasteiger charge is -2.09. The van der Waals surface area contributed by atoms with Crippen molar-refractivity contribution in [3.63, 3.8) is 0 Å². The number of hydrogen-bond donors (Lipinski definition) is 0. The highest BCUT2D eigenvalue weighted by Crippen LogP contribution is 2.42. The first-order valence-corrected chi connectivity index (χ1v) is 17.3. The Morgan fingerprint density at radius 2 is 1.12 bits per heavy atom. The van der Waals surface area contributed by atoms with Crippen molar-refractivity contribution in [3.8, 4) is 33.9 Å². The number of benzene rings is 7. The maximum atomic E-state index is 6.31. The van der Waals surface area contributed by atoms with E-state index in [0.717, 1.165) is 72.6 Å². The number of aromatic nitrogens is 4. The van der Waals surface area contributed by atoms with Gasteiger partial charge in [-0.15, -0.1) is 0 Å². The van der Waals surface area contributed by atoms with E-state index in [1.807, 2.05) is 6.07 Å². The highest BCUT2D eigenvalue weighted by Gasteiger charge is 2.25. The van der Waals surface area contributed by atoms with Crippen LogP contribution in [0.2, 0.25) is 0 Å². The summed E-state index contributed by atoms with van der Waals surface area (Å²) in [4.78, 5) is 5.55. The highest BCUT2D eigenvalue weighted by atomic mass is 16.3. The van der Waals surface area contributed by atoms with E-state index in [1.54, 1.807) is 0 Å². The van der Waals surface area contributed by atoms with Crippen molar-refractivity contribution >= 4 is 60.6 Å². The van der Waals surface area contributed by atoms with Crippen LogP contribution in [-0.4, -0.2) is 18.5 Å². The molecule has 51 heavy (non-hydrogen) atoms. The minimum Gasteiger partial charge on any atom is -0.456 e. The number of para-hydroxylation sites is 5. The summed E-state index contributed by atoms with van der Waals surface area (Å²) in [5, 5.41) is 4.66. The van der Waals surface area contributed by atoms with Crippen molar-refractivity contribution < 1.29 is 4.42 Å². The molecule has 4 aromatic heterocycles. The van der Waals surface area contributed by atoms with Crippen LogP contribution in [0.15, 0.2) is 168 Å². The average molecular weight is 655 g/mol. The molecule has 0 unspecified atom stereocenters. The topological polar surface area (TPSA) is 40.3 Å². The maximum absolute atomic E-state index is 6.31. The predicted molar refractivity (Wildman–Crippen MR) is 209 cm³/mol. The first-order chi connectivity index (χ1) is 25.2. The molecule has 0 amide bonds. The second-order valence-electron chi connectivity index (χ2n) is 13.3. The second-order valence-corrected chi connectivity index (χ2v) is 13.3. The maximum Gasteiger partial charge on any atom is 0.220 e. The average Bonchev–Trinajstić information content (AvgIpc) is 3.92. The van der Waals surface area contributed by atoms with Crippen LogP contribution in [0.25, 0.3) is 94.4 Å². The molecule has 4 heterocycles. The zero-order valence-corrected chi connectivity index (χ0v) is 27.8. The molecule has 0 saturated carbocycles. The zero-order chi connectivity index (χ0) is 33.6. The van der Waals surface area contributed by atoms with Crippen LogP contribution in [0.3, 0.4) is 0 Å². The van der Waals surface area contributed by atoms with Crippen LogP contribution >= 0.6 is 0 Å². The van der Waals surface area contributed by atoms with Gasteiger partial charge < -0.3 is 8.98 Å². The molecule has 11 aromatic rings. The van der Waals surface area contributed by atoms with Crippen LogP contribution < -0.4 is 0 Å². The minimum atomic E-state index is 0.868. The Kier molecular flexibility index (Phi) is 5.81. The van der Waals surface area contributed by atoms with Gasteiger partial charge in [0.1, 0.15) is 11.2 Å². The Morgan fingerprint density at radius 3 is 1.92 bits per heavy atom. The third-order valence-electron chi connectivity index (χ3n) is 10.4. The van der Waals surface area contributed by atoms with Gasteiger partial charge in [0.15, 0.2) is 0 Å². The van der Waals surface area contributed by atoms with E-state index in [1.165, 1.54) is 27.4 Å². The highest BCUT2D eigenvalue weighted by molar-refractivity contribution is 6.11. The van der Waals surface area contributed by atoms with E-state index in [4.69, 9.17) is 9.40 Å². The summed E-state index contributed by atoms with van der Waals surface area (Å²) in [5.74, 6) is 0.868. The smallest absolute Gasteiger partial charge is 0.220 e. The Morgan fingerprint density at radius 1 is 0.471 bits per heavy atom. The van der Waals surface area contributed by atoms with Gasteiger partial charge in [-0.05, 0) is 91.3 Å². The monoisotopic (exact) mass is 654 g/mol. The number of imidazole rings is 2. The standard InChI is InChI=1S/C46H30N4O/c1-29-13-12-22-42-43(29)36-27-30(24-26-41(36)51-42)44-45(50-40-21-11-10-20-39(40)49(46(50)47-44)33-16-6-3-7-17-33)31-23-25-38-35(28-31)34-18-8-9-19-37(34)48(38)32-14-4-2-5-15-32/h2-28H,1H3. The van der Waals surface area contributed by atoms with Crippen molar-refractivity contribution in [2.24, 2.45) is 0 Å². The second kappa shape index (κ2) is 10.6. The molecule has 0 spiro atoms. The van der Waals surface area contributed by atoms with E-state index >= 15 is 0 Å². The van der Waals surface area contributed by atoms with Crippen LogP contribution in [-0.2, 0) is 0 Å². The molecule has 0 saturated heterocycles. The molecule has 7 aromatic carbocycles. The lowest BCUT2D eigenvalue weighted by Crippen LogP contribution is -1.94. The van der Waals surface area contributed by atoms with Gasteiger partial charge in [0, 0.05) is 44.0 Å². The van der Waals surface area contributed by atoms with Crippen LogP contribution in [0.4, 0.5) is 0 Å². The van der Waals surface area contributed by atoms with Gasteiger partial charge in [-0.25, -0.2) is 4.98 Å². The molecule has 0 atom stereocenters. The number of hydrogen-bond acceptors (Lipinski definition) is 2. The lowest BCUT2D eigenvalue weighted by atomic mass is 10.00. The Hall–Kier alpha value is -6.85. The van der Waals surface area contributed by atoms with Gasteiger partial charge in [-0.2, -0.15) is 0 Å². The van der Waals surface area contributed by atoms with E-state index < -0.39 is 0 Å². The fraction of sp³-hybridized carbons (Fsp3) is 0.0217. The zero-order valence-electron chi connectivity index (χ0n) is 27.8. The van der Waals surface area contributed by atoms with E-state index in [9.17, 15) is 0 Å². The van der Waals surface area contributed by atoms with Crippen molar-refractivity contribution in [2.75, 3.05) is 0 Å². The van der Waals surface area contributed by atoms with E-state index in [2.05, 4.69) is 178 Å². The van der Waals surface area contributed by atoms with Gasteiger partial charge in [-0.1, -0.05) is 84.9 Å². The van der Waals surface area contributed by atoms with E-state index in [-0.39, 0.29) is 0 Å². The van der Waals surface area contributed by atoms with Gasteiger partial charge in [-0.3, -0.25) is 8.97 Å². The summed E-state index contributed by atoms with van der Waals surface area (Å²) in [6, 6.07) is 58.1. The molecule has 0 aliphatic carbocycles. The number of fused-ring (bicyclic) bond motifs is 9. The van der Waals surface area contributed by atoms with Crippen molar-refractivity contribution in [1.82, 2.24) is 18.5 Å². The minimum absolute atomic E-state index is 0.868. The Labute approximate surface area is 292 Å². The van der Waals surface area contributed by atoms with Gasteiger partial charge >= 0.3 is 0 Å².